The van der Waals surface area contributed by atoms with Crippen LogP contribution in [0, 0.1) is 13.8 Å². The highest BCUT2D eigenvalue weighted by atomic mass is 35.5. The molecule has 1 aliphatic rings. The summed E-state index contributed by atoms with van der Waals surface area (Å²) in [5.41, 5.74) is 3.72. The van der Waals surface area contributed by atoms with Crippen molar-refractivity contribution < 1.29 is 14.4 Å². The van der Waals surface area contributed by atoms with Gasteiger partial charge in [-0.05, 0) is 67.9 Å². The van der Waals surface area contributed by atoms with Crippen molar-refractivity contribution in [2.75, 3.05) is 15.5 Å². The summed E-state index contributed by atoms with van der Waals surface area (Å²) in [5.74, 6) is -1.66. The normalized spacial score (nSPS) is 13.5. The minimum atomic E-state index is -0.720. The molecule has 3 amide bonds. The highest BCUT2D eigenvalue weighted by molar-refractivity contribution is 6.54. The van der Waals surface area contributed by atoms with Crippen LogP contribution < -0.4 is 15.5 Å². The molecule has 0 atom stereocenters. The van der Waals surface area contributed by atoms with Crippen molar-refractivity contribution in [3.05, 3.63) is 98.1 Å². The Labute approximate surface area is 211 Å². The number of nitrogens with zero attached hydrogens (tertiary/aromatic N) is 1. The Morgan fingerprint density at radius 1 is 0.853 bits per heavy atom. The van der Waals surface area contributed by atoms with Gasteiger partial charge in [-0.3, -0.25) is 14.4 Å². The van der Waals surface area contributed by atoms with Crippen molar-refractivity contribution in [3.8, 4) is 0 Å². The van der Waals surface area contributed by atoms with E-state index in [1.807, 2.05) is 32.0 Å². The maximum absolute atomic E-state index is 13.0. The third-order valence-electron chi connectivity index (χ3n) is 5.22. The summed E-state index contributed by atoms with van der Waals surface area (Å²) in [7, 11) is 0. The van der Waals surface area contributed by atoms with Crippen LogP contribution in [0.1, 0.15) is 21.5 Å². The summed E-state index contributed by atoms with van der Waals surface area (Å²) in [5, 5.41) is 5.95. The Morgan fingerprint density at radius 3 is 2.24 bits per heavy atom. The van der Waals surface area contributed by atoms with Gasteiger partial charge in [0, 0.05) is 22.0 Å². The number of rotatable bonds is 5. The smallest absolute Gasteiger partial charge is 0.283 e. The summed E-state index contributed by atoms with van der Waals surface area (Å²) in [6.45, 7) is 3.91. The molecule has 0 unspecified atom stereocenters. The van der Waals surface area contributed by atoms with Gasteiger partial charge in [-0.15, -0.1) is 0 Å². The van der Waals surface area contributed by atoms with E-state index in [2.05, 4.69) is 10.6 Å². The van der Waals surface area contributed by atoms with Gasteiger partial charge >= 0.3 is 0 Å². The van der Waals surface area contributed by atoms with E-state index in [-0.39, 0.29) is 27.3 Å². The van der Waals surface area contributed by atoms with Gasteiger partial charge in [0.2, 0.25) is 0 Å². The predicted octanol–water partition coefficient (Wildman–Crippen LogP) is 6.30. The van der Waals surface area contributed by atoms with Crippen molar-refractivity contribution in [3.63, 3.8) is 0 Å². The van der Waals surface area contributed by atoms with Crippen LogP contribution in [0.4, 0.5) is 17.1 Å². The molecular weight excluding hydrogens is 497 g/mol. The van der Waals surface area contributed by atoms with Gasteiger partial charge < -0.3 is 10.6 Å². The Bertz CT molecular complexity index is 1370. The lowest BCUT2D eigenvalue weighted by atomic mass is 10.1. The van der Waals surface area contributed by atoms with Crippen LogP contribution in [0.25, 0.3) is 0 Å². The fourth-order valence-electron chi connectivity index (χ4n) is 3.48. The second-order valence-electron chi connectivity index (χ2n) is 7.71. The summed E-state index contributed by atoms with van der Waals surface area (Å²) < 4.78 is 0. The molecule has 0 saturated heterocycles. The van der Waals surface area contributed by atoms with E-state index in [1.165, 1.54) is 12.1 Å². The van der Waals surface area contributed by atoms with E-state index >= 15 is 0 Å². The highest BCUT2D eigenvalue weighted by Gasteiger charge is 2.40. The molecule has 0 fully saturated rings. The second kappa shape index (κ2) is 9.50. The molecule has 6 nitrogen and oxygen atoms in total. The average molecular weight is 515 g/mol. The number of halogens is 3. The molecule has 4 rings (SSSR count). The van der Waals surface area contributed by atoms with Crippen LogP contribution in [0.3, 0.4) is 0 Å². The first-order valence-electron chi connectivity index (χ1n) is 10.1. The van der Waals surface area contributed by atoms with Gasteiger partial charge in [0.15, 0.2) is 0 Å². The molecule has 3 aromatic carbocycles. The SMILES string of the molecule is Cc1ccc(NC(=O)c2ccc(NC3=C(Cl)C(=O)N(c4cc(Cl)ccc4Cl)C3=O)cc2)c(C)c1. The van der Waals surface area contributed by atoms with E-state index in [1.54, 1.807) is 30.3 Å². The van der Waals surface area contributed by atoms with Crippen molar-refractivity contribution >= 4 is 69.6 Å². The monoisotopic (exact) mass is 513 g/mol. The van der Waals surface area contributed by atoms with Crippen molar-refractivity contribution in [2.24, 2.45) is 0 Å². The molecule has 2 N–H and O–H groups in total. The summed E-state index contributed by atoms with van der Waals surface area (Å²) in [6.07, 6.45) is 0. The molecule has 3 aromatic rings. The number of anilines is 3. The minimum absolute atomic E-state index is 0.102. The maximum Gasteiger partial charge on any atom is 0.283 e. The number of amides is 3. The fourth-order valence-corrected chi connectivity index (χ4v) is 4.07. The van der Waals surface area contributed by atoms with Gasteiger partial charge in [-0.2, -0.15) is 0 Å². The summed E-state index contributed by atoms with van der Waals surface area (Å²) >= 11 is 18.3. The van der Waals surface area contributed by atoms with E-state index in [9.17, 15) is 14.4 Å². The topological polar surface area (TPSA) is 78.5 Å². The third kappa shape index (κ3) is 4.66. The zero-order chi connectivity index (χ0) is 24.6. The van der Waals surface area contributed by atoms with E-state index < -0.39 is 11.8 Å². The molecule has 0 saturated carbocycles. The zero-order valence-corrected chi connectivity index (χ0v) is 20.3. The van der Waals surface area contributed by atoms with Gasteiger partial charge in [-0.1, -0.05) is 52.5 Å². The van der Waals surface area contributed by atoms with E-state index in [0.29, 0.717) is 16.3 Å². The van der Waals surface area contributed by atoms with Crippen molar-refractivity contribution in [2.45, 2.75) is 13.8 Å². The fraction of sp³-hybridized carbons (Fsp3) is 0.0800. The number of benzene rings is 3. The largest absolute Gasteiger partial charge is 0.350 e. The molecule has 34 heavy (non-hydrogen) atoms. The van der Waals surface area contributed by atoms with Crippen LogP contribution >= 0.6 is 34.8 Å². The lowest BCUT2D eigenvalue weighted by molar-refractivity contribution is -0.120. The van der Waals surface area contributed by atoms with Gasteiger partial charge in [0.25, 0.3) is 17.7 Å². The summed E-state index contributed by atoms with van der Waals surface area (Å²) in [4.78, 5) is 39.1. The number of carbonyl (C=O) groups is 3. The van der Waals surface area contributed by atoms with Gasteiger partial charge in [-0.25, -0.2) is 4.90 Å². The van der Waals surface area contributed by atoms with E-state index in [4.69, 9.17) is 34.8 Å². The Kier molecular flexibility index (Phi) is 6.66. The number of hydrogen-bond donors (Lipinski definition) is 2. The molecular formula is C25H18Cl3N3O3. The Balaban J connectivity index is 1.50. The maximum atomic E-state index is 13.0. The highest BCUT2D eigenvalue weighted by Crippen LogP contribution is 2.35. The molecule has 1 heterocycles. The predicted molar refractivity (Wildman–Crippen MR) is 136 cm³/mol. The first kappa shape index (κ1) is 23.8. The standard InChI is InChI=1S/C25H18Cl3N3O3/c1-13-3-10-19(14(2)11-13)30-23(32)15-4-7-17(8-5-15)29-22-21(28)24(33)31(25(22)34)20-12-16(26)6-9-18(20)27/h3-12,29H,1-2H3,(H,30,32). The Hall–Kier alpha value is -3.32. The van der Waals surface area contributed by atoms with Gasteiger partial charge in [0.1, 0.15) is 10.7 Å². The van der Waals surface area contributed by atoms with Crippen molar-refractivity contribution in [1.82, 2.24) is 0 Å². The molecule has 9 heteroatoms. The second-order valence-corrected chi connectivity index (χ2v) is 8.93. The molecule has 1 aliphatic heterocycles. The molecule has 0 bridgehead atoms. The third-order valence-corrected chi connectivity index (χ3v) is 6.13. The number of imide groups is 1. The first-order chi connectivity index (χ1) is 16.2. The average Bonchev–Trinajstić information content (AvgIpc) is 3.01. The minimum Gasteiger partial charge on any atom is -0.350 e. The van der Waals surface area contributed by atoms with Gasteiger partial charge in [0.05, 0.1) is 10.7 Å². The number of hydrogen-bond acceptors (Lipinski definition) is 4. The van der Waals surface area contributed by atoms with Crippen LogP contribution in [-0.4, -0.2) is 17.7 Å². The number of aryl methyl sites for hydroxylation is 2. The number of carbonyl (C=O) groups excluding carboxylic acids is 3. The number of nitrogens with one attached hydrogen (secondary N) is 2. The quantitative estimate of drug-likeness (QED) is 0.392. The molecule has 0 aliphatic carbocycles. The van der Waals surface area contributed by atoms with Crippen LogP contribution in [0.15, 0.2) is 71.4 Å². The van der Waals surface area contributed by atoms with E-state index in [0.717, 1.165) is 21.7 Å². The molecule has 0 radical (unpaired) electrons. The summed E-state index contributed by atoms with van der Waals surface area (Å²) in [6, 6.07) is 16.6. The lowest BCUT2D eigenvalue weighted by Crippen LogP contribution is -2.32. The first-order valence-corrected chi connectivity index (χ1v) is 11.3. The molecule has 0 aromatic heterocycles. The molecule has 172 valence electrons. The van der Waals surface area contributed by atoms with Crippen LogP contribution in [0.5, 0.6) is 0 Å². The Morgan fingerprint density at radius 2 is 1.56 bits per heavy atom. The lowest BCUT2D eigenvalue weighted by Gasteiger charge is -2.17. The molecule has 0 spiro atoms. The zero-order valence-electron chi connectivity index (χ0n) is 18.1. The van der Waals surface area contributed by atoms with Crippen molar-refractivity contribution in [1.29, 1.82) is 0 Å². The van der Waals surface area contributed by atoms with Crippen LogP contribution in [0.2, 0.25) is 10.0 Å². The van der Waals surface area contributed by atoms with Crippen LogP contribution in [-0.2, 0) is 9.59 Å².